The van der Waals surface area contributed by atoms with Crippen molar-refractivity contribution >= 4 is 32.8 Å². The molecule has 0 unspecified atom stereocenters. The number of methoxy groups -OCH3 is 2. The van der Waals surface area contributed by atoms with Crippen molar-refractivity contribution in [3.05, 3.63) is 40.4 Å². The number of aromatic amines is 1. The van der Waals surface area contributed by atoms with Crippen LogP contribution in [0.15, 0.2) is 34.8 Å². The second-order valence-electron chi connectivity index (χ2n) is 5.88. The molecule has 2 N–H and O–H groups in total. The molecule has 0 bridgehead atoms. The molecule has 1 heterocycles. The van der Waals surface area contributed by atoms with Gasteiger partial charge in [0.15, 0.2) is 11.5 Å². The number of hydrogen-bond donors (Lipinski definition) is 2. The molecule has 0 saturated heterocycles. The van der Waals surface area contributed by atoms with Crippen molar-refractivity contribution < 1.29 is 24.1 Å². The number of ether oxygens (including phenoxy) is 3. The Morgan fingerprint density at radius 1 is 1.15 bits per heavy atom. The van der Waals surface area contributed by atoms with Gasteiger partial charge in [-0.3, -0.25) is 4.79 Å². The normalized spacial score (nSPS) is 10.8. The van der Waals surface area contributed by atoms with Crippen LogP contribution in [-0.4, -0.2) is 36.9 Å². The zero-order valence-electron chi connectivity index (χ0n) is 15.3. The largest absolute Gasteiger partial charge is 0.494 e. The molecule has 0 aliphatic rings. The van der Waals surface area contributed by atoms with Crippen molar-refractivity contribution in [2.45, 2.75) is 13.3 Å². The summed E-state index contributed by atoms with van der Waals surface area (Å²) in [4.78, 5) is 14.9. The summed E-state index contributed by atoms with van der Waals surface area (Å²) in [6.07, 6.45) is -0.119. The number of H-pyrrole nitrogens is 1. The van der Waals surface area contributed by atoms with E-state index in [2.05, 4.69) is 20.9 Å². The zero-order chi connectivity index (χ0) is 19.6. The van der Waals surface area contributed by atoms with Gasteiger partial charge in [-0.1, -0.05) is 0 Å². The summed E-state index contributed by atoms with van der Waals surface area (Å²) < 4.78 is 17.1. The molecule has 142 valence electrons. The van der Waals surface area contributed by atoms with E-state index in [4.69, 9.17) is 14.2 Å². The Hall–Kier alpha value is -2.67. The van der Waals surface area contributed by atoms with Gasteiger partial charge in [0.2, 0.25) is 0 Å². The van der Waals surface area contributed by atoms with Gasteiger partial charge in [0.05, 0.1) is 32.9 Å². The molecule has 0 radical (unpaired) electrons. The maximum atomic E-state index is 11.5. The third kappa shape index (κ3) is 3.73. The maximum Gasteiger partial charge on any atom is 0.307 e. The first-order chi connectivity index (χ1) is 13.0. The first-order valence-electron chi connectivity index (χ1n) is 8.39. The van der Waals surface area contributed by atoms with E-state index in [1.165, 1.54) is 0 Å². The fraction of sp³-hybridized carbons (Fsp3) is 0.250. The van der Waals surface area contributed by atoms with E-state index in [0.29, 0.717) is 35.1 Å². The summed E-state index contributed by atoms with van der Waals surface area (Å²) in [6, 6.07) is 9.24. The molecule has 0 aliphatic carbocycles. The molecule has 6 nitrogen and oxygen atoms in total. The van der Waals surface area contributed by atoms with Crippen molar-refractivity contribution in [3.63, 3.8) is 0 Å². The number of hydrogen-bond acceptors (Lipinski definition) is 4. The third-order valence-corrected chi connectivity index (χ3v) is 4.92. The lowest BCUT2D eigenvalue weighted by atomic mass is 10.0. The lowest BCUT2D eigenvalue weighted by Crippen LogP contribution is -2.01. The number of nitrogens with one attached hydrogen (secondary N) is 1. The monoisotopic (exact) mass is 433 g/mol. The fourth-order valence-corrected chi connectivity index (χ4v) is 3.61. The quantitative estimate of drug-likeness (QED) is 0.566. The number of halogens is 1. The summed E-state index contributed by atoms with van der Waals surface area (Å²) >= 11 is 3.56. The van der Waals surface area contributed by atoms with Crippen molar-refractivity contribution in [2.24, 2.45) is 0 Å². The minimum Gasteiger partial charge on any atom is -0.494 e. The van der Waals surface area contributed by atoms with Gasteiger partial charge in [-0.2, -0.15) is 0 Å². The Kier molecular flexibility index (Phi) is 5.60. The van der Waals surface area contributed by atoms with E-state index in [9.17, 15) is 9.90 Å². The Balaban J connectivity index is 2.25. The topological polar surface area (TPSA) is 80.8 Å². The number of aliphatic carboxylic acids is 1. The number of aromatic nitrogens is 1. The average molecular weight is 434 g/mol. The second-order valence-corrected chi connectivity index (χ2v) is 6.73. The van der Waals surface area contributed by atoms with Crippen LogP contribution < -0.4 is 14.2 Å². The molecule has 0 amide bonds. The lowest BCUT2D eigenvalue weighted by molar-refractivity contribution is -0.136. The highest BCUT2D eigenvalue weighted by Crippen LogP contribution is 2.41. The van der Waals surface area contributed by atoms with Crippen LogP contribution >= 0.6 is 15.9 Å². The van der Waals surface area contributed by atoms with E-state index >= 15 is 0 Å². The minimum absolute atomic E-state index is 0.119. The van der Waals surface area contributed by atoms with Crippen LogP contribution in [0.5, 0.6) is 17.2 Å². The zero-order valence-corrected chi connectivity index (χ0v) is 16.8. The molecular formula is C20H20BrNO5. The van der Waals surface area contributed by atoms with Crippen LogP contribution in [0.2, 0.25) is 0 Å². The minimum atomic E-state index is -0.907. The third-order valence-electron chi connectivity index (χ3n) is 4.26. The maximum absolute atomic E-state index is 11.5. The van der Waals surface area contributed by atoms with Gasteiger partial charge in [0, 0.05) is 20.9 Å². The van der Waals surface area contributed by atoms with Gasteiger partial charge in [-0.05, 0) is 58.7 Å². The summed E-state index contributed by atoms with van der Waals surface area (Å²) in [7, 11) is 3.13. The van der Waals surface area contributed by atoms with Crippen LogP contribution in [-0.2, 0) is 11.2 Å². The Bertz CT molecular complexity index is 996. The van der Waals surface area contributed by atoms with Crippen molar-refractivity contribution in [2.75, 3.05) is 20.8 Å². The Morgan fingerprint density at radius 3 is 2.48 bits per heavy atom. The van der Waals surface area contributed by atoms with Gasteiger partial charge in [-0.25, -0.2) is 0 Å². The van der Waals surface area contributed by atoms with E-state index in [-0.39, 0.29) is 6.42 Å². The molecule has 3 rings (SSSR count). The summed E-state index contributed by atoms with van der Waals surface area (Å²) in [5.74, 6) is 0.942. The van der Waals surface area contributed by atoms with Crippen molar-refractivity contribution in [1.82, 2.24) is 4.98 Å². The van der Waals surface area contributed by atoms with E-state index in [0.717, 1.165) is 20.9 Å². The van der Waals surface area contributed by atoms with E-state index in [1.54, 1.807) is 20.3 Å². The van der Waals surface area contributed by atoms with Gasteiger partial charge in [-0.15, -0.1) is 0 Å². The van der Waals surface area contributed by atoms with E-state index < -0.39 is 5.97 Å². The smallest absolute Gasteiger partial charge is 0.307 e. The first kappa shape index (κ1) is 19.1. The van der Waals surface area contributed by atoms with E-state index in [1.807, 2.05) is 31.2 Å². The molecule has 3 aromatic rings. The molecule has 1 aromatic heterocycles. The standard InChI is InChI=1S/C20H20BrNO5/c1-4-27-11-5-6-16-12(7-11)13(9-19(23)24)20(22-16)14-8-17(25-2)18(26-3)10-15(14)21/h5-8,10,22H,4,9H2,1-3H3,(H,23,24). The highest BCUT2D eigenvalue weighted by Gasteiger charge is 2.20. The number of rotatable bonds is 7. The number of carboxylic acids is 1. The van der Waals surface area contributed by atoms with Gasteiger partial charge < -0.3 is 24.3 Å². The summed E-state index contributed by atoms with van der Waals surface area (Å²) in [5.41, 5.74) is 3.03. The van der Waals surface area contributed by atoms with Crippen LogP contribution in [0.4, 0.5) is 0 Å². The Labute approximate surface area is 165 Å². The predicted molar refractivity (Wildman–Crippen MR) is 107 cm³/mol. The highest BCUT2D eigenvalue weighted by molar-refractivity contribution is 9.10. The summed E-state index contributed by atoms with van der Waals surface area (Å²) in [6.45, 7) is 2.45. The second kappa shape index (κ2) is 7.92. The molecular weight excluding hydrogens is 414 g/mol. The van der Waals surface area contributed by atoms with Gasteiger partial charge >= 0.3 is 5.97 Å². The average Bonchev–Trinajstić information content (AvgIpc) is 2.99. The number of fused-ring (bicyclic) bond motifs is 1. The number of carboxylic acid groups (broad SMARTS) is 1. The highest BCUT2D eigenvalue weighted by atomic mass is 79.9. The van der Waals surface area contributed by atoms with Crippen molar-refractivity contribution in [1.29, 1.82) is 0 Å². The van der Waals surface area contributed by atoms with Crippen molar-refractivity contribution in [3.8, 4) is 28.5 Å². The SMILES string of the molecule is CCOc1ccc2[nH]c(-c3cc(OC)c(OC)cc3Br)c(CC(=O)O)c2c1. The van der Waals surface area contributed by atoms with Gasteiger partial charge in [0.25, 0.3) is 0 Å². The van der Waals surface area contributed by atoms with Gasteiger partial charge in [0.1, 0.15) is 5.75 Å². The number of benzene rings is 2. The molecule has 0 spiro atoms. The fourth-order valence-electron chi connectivity index (χ4n) is 3.09. The molecule has 27 heavy (non-hydrogen) atoms. The number of carbonyl (C=O) groups is 1. The molecule has 0 saturated carbocycles. The van der Waals surface area contributed by atoms with Crippen LogP contribution in [0, 0.1) is 0 Å². The lowest BCUT2D eigenvalue weighted by Gasteiger charge is -2.12. The molecule has 0 atom stereocenters. The molecule has 0 aliphatic heterocycles. The van der Waals surface area contributed by atoms with Crippen LogP contribution in [0.25, 0.3) is 22.2 Å². The molecule has 0 fully saturated rings. The predicted octanol–water partition coefficient (Wildman–Crippen LogP) is 4.64. The van der Waals surface area contributed by atoms with Crippen LogP contribution in [0.3, 0.4) is 0 Å². The molecule has 2 aromatic carbocycles. The Morgan fingerprint density at radius 2 is 1.85 bits per heavy atom. The first-order valence-corrected chi connectivity index (χ1v) is 9.18. The molecule has 7 heteroatoms. The summed E-state index contributed by atoms with van der Waals surface area (Å²) in [5, 5.41) is 10.3. The van der Waals surface area contributed by atoms with Crippen LogP contribution in [0.1, 0.15) is 12.5 Å².